The molecule has 2 aliphatic rings. The molecule has 0 aliphatic heterocycles. The number of carboxylic acid groups (broad SMARTS) is 1. The third-order valence-corrected chi connectivity index (χ3v) is 4.00. The third-order valence-electron chi connectivity index (χ3n) is 4.00. The second kappa shape index (κ2) is 6.03. The number of nitrogens with one attached hydrogen (secondary N) is 1. The van der Waals surface area contributed by atoms with Gasteiger partial charge >= 0.3 is 5.97 Å². The minimum Gasteiger partial charge on any atom is -0.481 e. The topological polar surface area (TPSA) is 66.4 Å². The van der Waals surface area contributed by atoms with Gasteiger partial charge in [0.15, 0.2) is 0 Å². The molecule has 0 aromatic carbocycles. The highest BCUT2D eigenvalue weighted by atomic mass is 16.4. The molecule has 4 nitrogen and oxygen atoms in total. The molecule has 0 aromatic heterocycles. The van der Waals surface area contributed by atoms with Crippen molar-refractivity contribution in [2.45, 2.75) is 51.0 Å². The smallest absolute Gasteiger partial charge is 0.306 e. The number of carbonyl (C=O) groups is 2. The van der Waals surface area contributed by atoms with Gasteiger partial charge in [-0.05, 0) is 44.4 Å². The molecule has 100 valence electrons. The number of allylic oxidation sites excluding steroid dienone is 2. The molecule has 0 aromatic rings. The number of carbonyl (C=O) groups excluding carboxylic acids is 1. The standard InChI is InChI=1S/C14H21NO3/c16-13(9-10-3-1-2-4-10)15-12-7-5-11(6-8-12)14(17)18/h1,3,10-12H,2,4-9H2,(H,15,16)(H,17,18). The lowest BCUT2D eigenvalue weighted by Crippen LogP contribution is -2.39. The minimum atomic E-state index is -0.698. The summed E-state index contributed by atoms with van der Waals surface area (Å²) in [4.78, 5) is 22.6. The molecule has 2 aliphatic carbocycles. The van der Waals surface area contributed by atoms with Gasteiger partial charge in [0.1, 0.15) is 0 Å². The average molecular weight is 251 g/mol. The molecule has 1 amide bonds. The summed E-state index contributed by atoms with van der Waals surface area (Å²) in [6.07, 6.45) is 9.97. The maximum atomic E-state index is 11.8. The number of rotatable bonds is 4. The van der Waals surface area contributed by atoms with Crippen LogP contribution in [0.2, 0.25) is 0 Å². The van der Waals surface area contributed by atoms with E-state index in [1.165, 1.54) is 0 Å². The minimum absolute atomic E-state index is 0.116. The van der Waals surface area contributed by atoms with Gasteiger partial charge in [0.2, 0.25) is 5.91 Å². The summed E-state index contributed by atoms with van der Waals surface area (Å²) in [5.41, 5.74) is 0. The molecule has 0 saturated heterocycles. The van der Waals surface area contributed by atoms with Gasteiger partial charge in [0.25, 0.3) is 0 Å². The highest BCUT2D eigenvalue weighted by Crippen LogP contribution is 2.25. The number of hydrogen-bond acceptors (Lipinski definition) is 2. The Morgan fingerprint density at radius 3 is 2.44 bits per heavy atom. The molecule has 0 bridgehead atoms. The van der Waals surface area contributed by atoms with E-state index in [0.29, 0.717) is 25.2 Å². The summed E-state index contributed by atoms with van der Waals surface area (Å²) in [7, 11) is 0. The number of aliphatic carboxylic acids is 1. The molecule has 1 saturated carbocycles. The van der Waals surface area contributed by atoms with Crippen LogP contribution < -0.4 is 5.32 Å². The lowest BCUT2D eigenvalue weighted by atomic mass is 9.86. The fourth-order valence-corrected chi connectivity index (χ4v) is 2.87. The largest absolute Gasteiger partial charge is 0.481 e. The summed E-state index contributed by atoms with van der Waals surface area (Å²) in [5, 5.41) is 11.9. The van der Waals surface area contributed by atoms with Crippen LogP contribution in [0.1, 0.15) is 44.9 Å². The summed E-state index contributed by atoms with van der Waals surface area (Å²) in [6, 6.07) is 0.179. The SMILES string of the molecule is O=C(CC1C=CCC1)NC1CCC(C(=O)O)CC1. The highest BCUT2D eigenvalue weighted by Gasteiger charge is 2.27. The van der Waals surface area contributed by atoms with Gasteiger partial charge in [-0.2, -0.15) is 0 Å². The zero-order valence-electron chi connectivity index (χ0n) is 10.6. The summed E-state index contributed by atoms with van der Waals surface area (Å²) in [5.74, 6) is -0.391. The zero-order chi connectivity index (χ0) is 13.0. The maximum Gasteiger partial charge on any atom is 0.306 e. The molecule has 0 radical (unpaired) electrons. The van der Waals surface area contributed by atoms with Crippen molar-refractivity contribution in [2.24, 2.45) is 11.8 Å². The van der Waals surface area contributed by atoms with Crippen molar-refractivity contribution in [3.8, 4) is 0 Å². The van der Waals surface area contributed by atoms with Crippen LogP contribution in [0.15, 0.2) is 12.2 Å². The molecule has 2 N–H and O–H groups in total. The van der Waals surface area contributed by atoms with Gasteiger partial charge < -0.3 is 10.4 Å². The van der Waals surface area contributed by atoms with E-state index in [1.54, 1.807) is 0 Å². The first-order valence-corrected chi connectivity index (χ1v) is 6.84. The summed E-state index contributed by atoms with van der Waals surface area (Å²) < 4.78 is 0. The van der Waals surface area contributed by atoms with E-state index in [1.807, 2.05) is 0 Å². The molecule has 0 spiro atoms. The Morgan fingerprint density at radius 1 is 1.17 bits per heavy atom. The molecule has 4 heteroatoms. The lowest BCUT2D eigenvalue weighted by molar-refractivity contribution is -0.142. The fraction of sp³-hybridized carbons (Fsp3) is 0.714. The van der Waals surface area contributed by atoms with Crippen LogP contribution in [0.5, 0.6) is 0 Å². The van der Waals surface area contributed by atoms with E-state index >= 15 is 0 Å². The van der Waals surface area contributed by atoms with Crippen LogP contribution in [0.3, 0.4) is 0 Å². The van der Waals surface area contributed by atoms with Crippen LogP contribution in [0.4, 0.5) is 0 Å². The van der Waals surface area contributed by atoms with Gasteiger partial charge in [-0.3, -0.25) is 9.59 Å². The van der Waals surface area contributed by atoms with E-state index in [4.69, 9.17) is 5.11 Å². The van der Waals surface area contributed by atoms with Crippen LogP contribution >= 0.6 is 0 Å². The predicted molar refractivity (Wildman–Crippen MR) is 68.0 cm³/mol. The summed E-state index contributed by atoms with van der Waals surface area (Å²) in [6.45, 7) is 0. The molecule has 0 heterocycles. The van der Waals surface area contributed by atoms with Crippen molar-refractivity contribution in [1.82, 2.24) is 5.32 Å². The first-order valence-electron chi connectivity index (χ1n) is 6.84. The number of amides is 1. The maximum absolute atomic E-state index is 11.8. The normalized spacial score (nSPS) is 31.2. The van der Waals surface area contributed by atoms with Gasteiger partial charge in [-0.25, -0.2) is 0 Å². The highest BCUT2D eigenvalue weighted by molar-refractivity contribution is 5.77. The van der Waals surface area contributed by atoms with Gasteiger partial charge in [-0.1, -0.05) is 12.2 Å². The van der Waals surface area contributed by atoms with Crippen molar-refractivity contribution >= 4 is 11.9 Å². The first-order chi connectivity index (χ1) is 8.65. The second-order valence-electron chi connectivity index (χ2n) is 5.42. The Bertz CT molecular complexity index is 343. The Hall–Kier alpha value is -1.32. The Morgan fingerprint density at radius 2 is 1.89 bits per heavy atom. The van der Waals surface area contributed by atoms with E-state index in [9.17, 15) is 9.59 Å². The van der Waals surface area contributed by atoms with Gasteiger partial charge in [-0.15, -0.1) is 0 Å². The van der Waals surface area contributed by atoms with Crippen LogP contribution in [0.25, 0.3) is 0 Å². The Balaban J connectivity index is 1.69. The van der Waals surface area contributed by atoms with Crippen LogP contribution in [0, 0.1) is 11.8 Å². The third kappa shape index (κ3) is 3.59. The van der Waals surface area contributed by atoms with Crippen molar-refractivity contribution in [1.29, 1.82) is 0 Å². The summed E-state index contributed by atoms with van der Waals surface area (Å²) >= 11 is 0. The first kappa shape index (κ1) is 13.1. The fourth-order valence-electron chi connectivity index (χ4n) is 2.87. The van der Waals surface area contributed by atoms with Crippen molar-refractivity contribution in [3.63, 3.8) is 0 Å². The van der Waals surface area contributed by atoms with E-state index in [2.05, 4.69) is 17.5 Å². The molecule has 1 atom stereocenters. The average Bonchev–Trinajstić information content (AvgIpc) is 2.82. The number of carboxylic acids is 1. The van der Waals surface area contributed by atoms with E-state index < -0.39 is 5.97 Å². The van der Waals surface area contributed by atoms with Crippen LogP contribution in [-0.4, -0.2) is 23.0 Å². The Labute approximate surface area is 107 Å². The molecule has 18 heavy (non-hydrogen) atoms. The van der Waals surface area contributed by atoms with E-state index in [-0.39, 0.29) is 17.9 Å². The molecule has 2 rings (SSSR count). The van der Waals surface area contributed by atoms with Gasteiger partial charge in [0, 0.05) is 12.5 Å². The molecule has 1 fully saturated rings. The lowest BCUT2D eigenvalue weighted by Gasteiger charge is -2.27. The quantitative estimate of drug-likeness (QED) is 0.752. The van der Waals surface area contributed by atoms with Crippen molar-refractivity contribution < 1.29 is 14.7 Å². The molecular formula is C14H21NO3. The Kier molecular flexibility index (Phi) is 4.39. The predicted octanol–water partition coefficient (Wildman–Crippen LogP) is 2.10. The number of hydrogen-bond donors (Lipinski definition) is 2. The molecule has 1 unspecified atom stereocenters. The van der Waals surface area contributed by atoms with E-state index in [0.717, 1.165) is 25.7 Å². The second-order valence-corrected chi connectivity index (χ2v) is 5.42. The van der Waals surface area contributed by atoms with Crippen molar-refractivity contribution in [3.05, 3.63) is 12.2 Å². The van der Waals surface area contributed by atoms with Crippen molar-refractivity contribution in [2.75, 3.05) is 0 Å². The monoisotopic (exact) mass is 251 g/mol. The molecular weight excluding hydrogens is 230 g/mol. The van der Waals surface area contributed by atoms with Crippen LogP contribution in [-0.2, 0) is 9.59 Å². The van der Waals surface area contributed by atoms with Gasteiger partial charge in [0.05, 0.1) is 5.92 Å². The zero-order valence-corrected chi connectivity index (χ0v) is 10.6.